The van der Waals surface area contributed by atoms with Crippen molar-refractivity contribution in [3.8, 4) is 0 Å². The van der Waals surface area contributed by atoms with Crippen molar-refractivity contribution in [3.05, 3.63) is 0 Å². The van der Waals surface area contributed by atoms with Crippen molar-refractivity contribution >= 4 is 39.8 Å². The van der Waals surface area contributed by atoms with Gasteiger partial charge in [-0.25, -0.2) is 8.42 Å². The third-order valence-corrected chi connectivity index (χ3v) is 7.66. The molecule has 0 aromatic carbocycles. The molecule has 3 aliphatic rings. The lowest BCUT2D eigenvalue weighted by atomic mass is 9.94. The number of halogens is 1. The van der Waals surface area contributed by atoms with Gasteiger partial charge in [-0.1, -0.05) is 19.3 Å². The number of hydrogen-bond donors (Lipinski definition) is 2. The molecule has 1 saturated carbocycles. The number of nitrogens with one attached hydrogen (secondary N) is 2. The Morgan fingerprint density at radius 1 is 1.07 bits per heavy atom. The summed E-state index contributed by atoms with van der Waals surface area (Å²) in [5.74, 6) is 1.64. The highest BCUT2D eigenvalue weighted by Gasteiger charge is 2.30. The molecule has 0 spiro atoms. The van der Waals surface area contributed by atoms with Crippen LogP contribution in [0.1, 0.15) is 65.2 Å². The maximum Gasteiger partial charge on any atom is 0.191 e. The summed E-state index contributed by atoms with van der Waals surface area (Å²) in [5, 5.41) is 7.24. The van der Waals surface area contributed by atoms with Crippen LogP contribution in [-0.2, 0) is 14.6 Å². The molecule has 158 valence electrons. The molecule has 2 N–H and O–H groups in total. The first kappa shape index (κ1) is 23.2. The first-order chi connectivity index (χ1) is 12.3. The number of sulfone groups is 1. The first-order valence-corrected chi connectivity index (χ1v) is 12.1. The maximum absolute atomic E-state index is 11.7. The highest BCUT2D eigenvalue weighted by Crippen LogP contribution is 2.24. The van der Waals surface area contributed by atoms with E-state index in [9.17, 15) is 8.42 Å². The van der Waals surface area contributed by atoms with Gasteiger partial charge < -0.3 is 15.4 Å². The third kappa shape index (κ3) is 7.68. The lowest BCUT2D eigenvalue weighted by Gasteiger charge is -2.37. The van der Waals surface area contributed by atoms with Crippen LogP contribution in [0.4, 0.5) is 0 Å². The highest BCUT2D eigenvalue weighted by atomic mass is 127. The second-order valence-corrected chi connectivity index (χ2v) is 11.1. The fourth-order valence-electron chi connectivity index (χ4n) is 4.36. The van der Waals surface area contributed by atoms with Gasteiger partial charge in [-0.2, -0.15) is 0 Å². The molecule has 8 heteroatoms. The van der Waals surface area contributed by atoms with Crippen molar-refractivity contribution in [3.63, 3.8) is 0 Å². The maximum atomic E-state index is 11.7. The summed E-state index contributed by atoms with van der Waals surface area (Å²) in [6.45, 7) is 5.63. The zero-order valence-electron chi connectivity index (χ0n) is 16.7. The van der Waals surface area contributed by atoms with Crippen LogP contribution in [0.5, 0.6) is 0 Å². The Balaban J connectivity index is 0.00000261. The molecule has 0 bridgehead atoms. The van der Waals surface area contributed by atoms with E-state index >= 15 is 0 Å². The van der Waals surface area contributed by atoms with Gasteiger partial charge in [0.05, 0.1) is 17.1 Å². The van der Waals surface area contributed by atoms with E-state index in [-0.39, 0.29) is 41.2 Å². The molecule has 1 aliphatic carbocycles. The van der Waals surface area contributed by atoms with Gasteiger partial charge in [0.1, 0.15) is 0 Å². The van der Waals surface area contributed by atoms with E-state index in [2.05, 4.69) is 24.5 Å². The number of guanidine groups is 1. The minimum absolute atomic E-state index is 0. The summed E-state index contributed by atoms with van der Waals surface area (Å²) in [6, 6.07) is 0.830. The fraction of sp³-hybridized carbons (Fsp3) is 0.947. The predicted molar refractivity (Wildman–Crippen MR) is 121 cm³/mol. The minimum Gasteiger partial charge on any atom is -0.375 e. The molecule has 3 rings (SSSR count). The lowest BCUT2D eigenvalue weighted by Crippen LogP contribution is -2.52. The van der Waals surface area contributed by atoms with E-state index in [0.717, 1.165) is 31.8 Å². The van der Waals surface area contributed by atoms with E-state index < -0.39 is 9.84 Å². The van der Waals surface area contributed by atoms with Gasteiger partial charge in [0.25, 0.3) is 0 Å². The van der Waals surface area contributed by atoms with Gasteiger partial charge in [-0.15, -0.1) is 24.0 Å². The SMILES string of the molecule is CC1(C)CC(NC(=NCC2CCS(=O)(=O)C2)NC2CCCCC2)CCO1.I. The van der Waals surface area contributed by atoms with Crippen molar-refractivity contribution < 1.29 is 13.2 Å². The van der Waals surface area contributed by atoms with Crippen LogP contribution in [0.2, 0.25) is 0 Å². The lowest BCUT2D eigenvalue weighted by molar-refractivity contribution is -0.0605. The van der Waals surface area contributed by atoms with Crippen LogP contribution < -0.4 is 10.6 Å². The van der Waals surface area contributed by atoms with Crippen LogP contribution in [-0.4, -0.2) is 56.7 Å². The van der Waals surface area contributed by atoms with Crippen LogP contribution in [0.15, 0.2) is 4.99 Å². The molecule has 6 nitrogen and oxygen atoms in total. The summed E-state index contributed by atoms with van der Waals surface area (Å²) in [4.78, 5) is 4.80. The Morgan fingerprint density at radius 2 is 1.78 bits per heavy atom. The zero-order valence-corrected chi connectivity index (χ0v) is 19.9. The zero-order chi connectivity index (χ0) is 18.6. The average molecular weight is 513 g/mol. The molecule has 2 aliphatic heterocycles. The van der Waals surface area contributed by atoms with Crippen molar-refractivity contribution in [2.24, 2.45) is 10.9 Å². The molecular weight excluding hydrogens is 477 g/mol. The van der Waals surface area contributed by atoms with Crippen molar-refractivity contribution in [2.45, 2.75) is 82.9 Å². The second-order valence-electron chi connectivity index (χ2n) is 8.88. The minimum atomic E-state index is -2.84. The van der Waals surface area contributed by atoms with Gasteiger partial charge in [0.15, 0.2) is 15.8 Å². The van der Waals surface area contributed by atoms with E-state index in [1.165, 1.54) is 32.1 Å². The van der Waals surface area contributed by atoms with Crippen LogP contribution in [0.25, 0.3) is 0 Å². The van der Waals surface area contributed by atoms with Crippen molar-refractivity contribution in [1.29, 1.82) is 0 Å². The number of aliphatic imine (C=N–C) groups is 1. The van der Waals surface area contributed by atoms with Crippen molar-refractivity contribution in [1.82, 2.24) is 10.6 Å². The number of hydrogen-bond acceptors (Lipinski definition) is 4. The molecule has 3 fully saturated rings. The van der Waals surface area contributed by atoms with Gasteiger partial charge in [-0.05, 0) is 51.9 Å². The van der Waals surface area contributed by atoms with Gasteiger partial charge in [0.2, 0.25) is 0 Å². The topological polar surface area (TPSA) is 79.8 Å². The number of ether oxygens (including phenoxy) is 1. The average Bonchev–Trinajstić information content (AvgIpc) is 2.92. The Morgan fingerprint density at radius 3 is 2.41 bits per heavy atom. The third-order valence-electron chi connectivity index (χ3n) is 5.82. The second kappa shape index (κ2) is 10.1. The molecule has 0 aromatic heterocycles. The Hall–Kier alpha value is -0.0900. The molecule has 2 saturated heterocycles. The highest BCUT2D eigenvalue weighted by molar-refractivity contribution is 14.0. The first-order valence-electron chi connectivity index (χ1n) is 10.2. The molecule has 0 radical (unpaired) electrons. The molecule has 0 amide bonds. The molecular formula is C19H36IN3O3S. The van der Waals surface area contributed by atoms with Crippen LogP contribution in [0, 0.1) is 5.92 Å². The standard InChI is InChI=1S/C19H35N3O3S.HI/c1-19(2)12-17(8-10-25-19)22-18(21-16-6-4-3-5-7-16)20-13-15-9-11-26(23,24)14-15;/h15-17H,3-14H2,1-2H3,(H2,20,21,22);1H. The largest absolute Gasteiger partial charge is 0.375 e. The Kier molecular flexibility index (Phi) is 8.67. The van der Waals surface area contributed by atoms with Crippen molar-refractivity contribution in [2.75, 3.05) is 24.7 Å². The van der Waals surface area contributed by atoms with E-state index in [4.69, 9.17) is 9.73 Å². The predicted octanol–water partition coefficient (Wildman–Crippen LogP) is 2.86. The smallest absolute Gasteiger partial charge is 0.191 e. The van der Waals surface area contributed by atoms with Gasteiger partial charge in [0, 0.05) is 25.2 Å². The normalized spacial score (nSPS) is 31.1. The molecule has 2 atom stereocenters. The quantitative estimate of drug-likeness (QED) is 0.344. The fourth-order valence-corrected chi connectivity index (χ4v) is 6.21. The van der Waals surface area contributed by atoms with E-state index in [1.807, 2.05) is 0 Å². The van der Waals surface area contributed by atoms with Gasteiger partial charge >= 0.3 is 0 Å². The van der Waals surface area contributed by atoms with Crippen LogP contribution >= 0.6 is 24.0 Å². The molecule has 2 unspecified atom stereocenters. The van der Waals surface area contributed by atoms with E-state index in [1.54, 1.807) is 0 Å². The summed E-state index contributed by atoms with van der Waals surface area (Å²) in [5.41, 5.74) is -0.106. The number of nitrogens with zero attached hydrogens (tertiary/aromatic N) is 1. The summed E-state index contributed by atoms with van der Waals surface area (Å²) in [7, 11) is -2.84. The Labute approximate surface area is 181 Å². The molecule has 0 aromatic rings. The van der Waals surface area contributed by atoms with Crippen LogP contribution in [0.3, 0.4) is 0 Å². The summed E-state index contributed by atoms with van der Waals surface area (Å²) < 4.78 is 29.2. The summed E-state index contributed by atoms with van der Waals surface area (Å²) in [6.07, 6.45) is 8.93. The number of rotatable bonds is 4. The Bertz CT molecular complexity index is 603. The summed E-state index contributed by atoms with van der Waals surface area (Å²) >= 11 is 0. The molecule has 2 heterocycles. The molecule has 27 heavy (non-hydrogen) atoms. The van der Waals surface area contributed by atoms with Gasteiger partial charge in [-0.3, -0.25) is 4.99 Å². The monoisotopic (exact) mass is 513 g/mol. The van der Waals surface area contributed by atoms with E-state index in [0.29, 0.717) is 24.4 Å².